The Bertz CT molecular complexity index is 683. The molecule has 0 spiro atoms. The van der Waals surface area contributed by atoms with Gasteiger partial charge >= 0.3 is 6.03 Å². The highest BCUT2D eigenvalue weighted by atomic mass is 16.5. The van der Waals surface area contributed by atoms with Gasteiger partial charge in [0.15, 0.2) is 5.82 Å². The SMILES string of the molecule is Cc1cccc(NC(=O)N2CCCCCC2c2nc(C)no2)c1. The average molecular weight is 314 g/mol. The maximum Gasteiger partial charge on any atom is 0.322 e. The van der Waals surface area contributed by atoms with Crippen LogP contribution in [0.25, 0.3) is 0 Å². The Morgan fingerprint density at radius 3 is 2.91 bits per heavy atom. The van der Waals surface area contributed by atoms with E-state index in [4.69, 9.17) is 4.52 Å². The number of aryl methyl sites for hydroxylation is 2. The van der Waals surface area contributed by atoms with Crippen LogP contribution in [0.3, 0.4) is 0 Å². The van der Waals surface area contributed by atoms with Crippen LogP contribution in [0.1, 0.15) is 49.0 Å². The number of nitrogens with zero attached hydrogens (tertiary/aromatic N) is 3. The molecule has 1 fully saturated rings. The second-order valence-corrected chi connectivity index (χ2v) is 6.04. The Morgan fingerprint density at radius 2 is 2.17 bits per heavy atom. The number of carbonyl (C=O) groups excluding carboxylic acids is 1. The highest BCUT2D eigenvalue weighted by Crippen LogP contribution is 2.29. The number of benzene rings is 1. The van der Waals surface area contributed by atoms with E-state index in [-0.39, 0.29) is 12.1 Å². The van der Waals surface area contributed by atoms with Crippen molar-refractivity contribution in [3.05, 3.63) is 41.5 Å². The highest BCUT2D eigenvalue weighted by Gasteiger charge is 2.30. The van der Waals surface area contributed by atoms with Crippen LogP contribution in [-0.4, -0.2) is 27.6 Å². The number of hydrogen-bond donors (Lipinski definition) is 1. The number of nitrogens with one attached hydrogen (secondary N) is 1. The second-order valence-electron chi connectivity index (χ2n) is 6.04. The molecule has 0 radical (unpaired) electrons. The predicted molar refractivity (Wildman–Crippen MR) is 87.1 cm³/mol. The number of hydrogen-bond acceptors (Lipinski definition) is 4. The molecule has 23 heavy (non-hydrogen) atoms. The third-order valence-corrected chi connectivity index (χ3v) is 4.11. The van der Waals surface area contributed by atoms with Crippen molar-refractivity contribution in [1.82, 2.24) is 15.0 Å². The first-order valence-corrected chi connectivity index (χ1v) is 8.08. The smallest absolute Gasteiger partial charge is 0.322 e. The lowest BCUT2D eigenvalue weighted by atomic mass is 10.1. The van der Waals surface area contributed by atoms with Gasteiger partial charge < -0.3 is 14.7 Å². The van der Waals surface area contributed by atoms with Crippen LogP contribution in [0, 0.1) is 13.8 Å². The Hall–Kier alpha value is -2.37. The summed E-state index contributed by atoms with van der Waals surface area (Å²) in [6.07, 6.45) is 4.01. The lowest BCUT2D eigenvalue weighted by Gasteiger charge is -2.27. The van der Waals surface area contributed by atoms with E-state index in [2.05, 4.69) is 15.5 Å². The van der Waals surface area contributed by atoms with Crippen LogP contribution >= 0.6 is 0 Å². The molecule has 0 bridgehead atoms. The van der Waals surface area contributed by atoms with Crippen LogP contribution in [-0.2, 0) is 0 Å². The molecule has 2 amide bonds. The Kier molecular flexibility index (Phi) is 4.60. The van der Waals surface area contributed by atoms with Crippen molar-refractivity contribution in [1.29, 1.82) is 0 Å². The molecular formula is C17H22N4O2. The quantitative estimate of drug-likeness (QED) is 0.914. The molecule has 1 N–H and O–H groups in total. The summed E-state index contributed by atoms with van der Waals surface area (Å²) in [7, 11) is 0. The van der Waals surface area contributed by atoms with E-state index in [0.29, 0.717) is 18.3 Å². The molecule has 2 heterocycles. The number of anilines is 1. The van der Waals surface area contributed by atoms with Gasteiger partial charge in [-0.3, -0.25) is 0 Å². The molecule has 6 nitrogen and oxygen atoms in total. The van der Waals surface area contributed by atoms with E-state index in [1.54, 1.807) is 6.92 Å². The fourth-order valence-corrected chi connectivity index (χ4v) is 2.97. The van der Waals surface area contributed by atoms with Crippen LogP contribution in [0.2, 0.25) is 0 Å². The van der Waals surface area contributed by atoms with Gasteiger partial charge in [0.25, 0.3) is 0 Å². The molecule has 0 saturated carbocycles. The minimum Gasteiger partial charge on any atom is -0.337 e. The highest BCUT2D eigenvalue weighted by molar-refractivity contribution is 5.89. The summed E-state index contributed by atoms with van der Waals surface area (Å²) in [5.74, 6) is 1.13. The summed E-state index contributed by atoms with van der Waals surface area (Å²) in [5.41, 5.74) is 1.92. The molecule has 1 aromatic heterocycles. The zero-order valence-electron chi connectivity index (χ0n) is 13.6. The lowest BCUT2D eigenvalue weighted by molar-refractivity contribution is 0.171. The number of carbonyl (C=O) groups is 1. The van der Waals surface area contributed by atoms with Crippen molar-refractivity contribution in [3.63, 3.8) is 0 Å². The third-order valence-electron chi connectivity index (χ3n) is 4.11. The average Bonchev–Trinajstić information content (AvgIpc) is 2.81. The van der Waals surface area contributed by atoms with Crippen LogP contribution < -0.4 is 5.32 Å². The van der Waals surface area contributed by atoms with Gasteiger partial charge in [0, 0.05) is 12.2 Å². The summed E-state index contributed by atoms with van der Waals surface area (Å²) < 4.78 is 5.33. The monoisotopic (exact) mass is 314 g/mol. The minimum absolute atomic E-state index is 0.113. The predicted octanol–water partition coefficient (Wildman–Crippen LogP) is 3.84. The van der Waals surface area contributed by atoms with Gasteiger partial charge in [-0.25, -0.2) is 4.79 Å². The molecule has 1 aliphatic heterocycles. The number of urea groups is 1. The van der Waals surface area contributed by atoms with Gasteiger partial charge in [-0.15, -0.1) is 0 Å². The summed E-state index contributed by atoms with van der Waals surface area (Å²) in [4.78, 5) is 18.9. The van der Waals surface area contributed by atoms with Crippen LogP contribution in [0.5, 0.6) is 0 Å². The van der Waals surface area contributed by atoms with Gasteiger partial charge in [0.05, 0.1) is 0 Å². The molecule has 1 saturated heterocycles. The van der Waals surface area contributed by atoms with E-state index in [9.17, 15) is 4.79 Å². The van der Waals surface area contributed by atoms with Gasteiger partial charge in [-0.2, -0.15) is 4.98 Å². The molecule has 0 aliphatic carbocycles. The largest absolute Gasteiger partial charge is 0.337 e. The second kappa shape index (κ2) is 6.81. The minimum atomic E-state index is -0.150. The van der Waals surface area contributed by atoms with Gasteiger partial charge in [0.2, 0.25) is 5.89 Å². The summed E-state index contributed by atoms with van der Waals surface area (Å²) in [6.45, 7) is 4.50. The first-order chi connectivity index (χ1) is 11.1. The fourth-order valence-electron chi connectivity index (χ4n) is 2.97. The molecule has 122 valence electrons. The standard InChI is InChI=1S/C17H22N4O2/c1-12-7-6-8-14(11-12)19-17(22)21-10-5-3-4-9-15(21)16-18-13(2)20-23-16/h6-8,11,15H,3-5,9-10H2,1-2H3,(H,19,22). The van der Waals surface area contributed by atoms with Crippen LogP contribution in [0.15, 0.2) is 28.8 Å². The lowest BCUT2D eigenvalue weighted by Crippen LogP contribution is -2.38. The molecule has 3 rings (SSSR count). The van der Waals surface area contributed by atoms with Crippen LogP contribution in [0.4, 0.5) is 10.5 Å². The third kappa shape index (κ3) is 3.70. The Balaban J connectivity index is 1.80. The van der Waals surface area contributed by atoms with E-state index in [1.165, 1.54) is 0 Å². The van der Waals surface area contributed by atoms with E-state index in [0.717, 1.165) is 36.9 Å². The Morgan fingerprint density at radius 1 is 1.30 bits per heavy atom. The van der Waals surface area contributed by atoms with E-state index < -0.39 is 0 Å². The fraction of sp³-hybridized carbons (Fsp3) is 0.471. The van der Waals surface area contributed by atoms with Crippen molar-refractivity contribution in [2.75, 3.05) is 11.9 Å². The molecule has 1 unspecified atom stereocenters. The van der Waals surface area contributed by atoms with Gasteiger partial charge in [0.1, 0.15) is 6.04 Å². The zero-order chi connectivity index (χ0) is 16.2. The van der Waals surface area contributed by atoms with Crippen molar-refractivity contribution >= 4 is 11.7 Å². The molecule has 1 aromatic carbocycles. The first kappa shape index (κ1) is 15.5. The normalized spacial score (nSPS) is 18.5. The number of amides is 2. The maximum absolute atomic E-state index is 12.7. The summed E-state index contributed by atoms with van der Waals surface area (Å²) >= 11 is 0. The number of rotatable bonds is 2. The summed E-state index contributed by atoms with van der Waals surface area (Å²) in [5, 5.41) is 6.85. The maximum atomic E-state index is 12.7. The van der Waals surface area contributed by atoms with Gasteiger partial charge in [-0.05, 0) is 44.4 Å². The van der Waals surface area contributed by atoms with Crippen molar-refractivity contribution in [3.8, 4) is 0 Å². The Labute approximate surface area is 135 Å². The van der Waals surface area contributed by atoms with Crippen molar-refractivity contribution in [2.45, 2.75) is 45.6 Å². The summed E-state index contributed by atoms with van der Waals surface area (Å²) in [6, 6.07) is 7.54. The van der Waals surface area contributed by atoms with E-state index >= 15 is 0 Å². The molecule has 2 aromatic rings. The van der Waals surface area contributed by atoms with E-state index in [1.807, 2.05) is 36.1 Å². The first-order valence-electron chi connectivity index (χ1n) is 8.08. The molecule has 1 aliphatic rings. The van der Waals surface area contributed by atoms with Gasteiger partial charge in [-0.1, -0.05) is 30.1 Å². The molecule has 1 atom stereocenters. The molecule has 6 heteroatoms. The zero-order valence-corrected chi connectivity index (χ0v) is 13.6. The number of likely N-dealkylation sites (tertiary alicyclic amines) is 1. The number of aromatic nitrogens is 2. The topological polar surface area (TPSA) is 71.3 Å². The molecular weight excluding hydrogens is 292 g/mol. The van der Waals surface area contributed by atoms with Crippen molar-refractivity contribution in [2.24, 2.45) is 0 Å². The van der Waals surface area contributed by atoms with Crippen molar-refractivity contribution < 1.29 is 9.32 Å².